The van der Waals surface area contributed by atoms with E-state index in [0.717, 1.165) is 5.56 Å². The van der Waals surface area contributed by atoms with Crippen LogP contribution in [0.25, 0.3) is 11.5 Å². The summed E-state index contributed by atoms with van der Waals surface area (Å²) in [4.78, 5) is 4.33. The van der Waals surface area contributed by atoms with Crippen LogP contribution in [0.2, 0.25) is 0 Å². The van der Waals surface area contributed by atoms with E-state index in [0.29, 0.717) is 23.7 Å². The summed E-state index contributed by atoms with van der Waals surface area (Å²) in [6, 6.07) is 16.7. The minimum atomic E-state index is 0.181. The number of hydrogen-bond donors (Lipinski definition) is 1. The van der Waals surface area contributed by atoms with Gasteiger partial charge in [-0.25, -0.2) is 0 Å². The van der Waals surface area contributed by atoms with Gasteiger partial charge in [-0.3, -0.25) is 0 Å². The molecule has 0 aliphatic carbocycles. The molecule has 3 aromatic rings. The summed E-state index contributed by atoms with van der Waals surface area (Å²) in [6.45, 7) is 0. The molecular weight excluding hydrogens is 240 g/mol. The van der Waals surface area contributed by atoms with Crippen LogP contribution in [0.4, 0.5) is 0 Å². The Labute approximate surface area is 110 Å². The van der Waals surface area contributed by atoms with E-state index >= 15 is 0 Å². The van der Waals surface area contributed by atoms with Gasteiger partial charge >= 0.3 is 0 Å². The number of benzene rings is 2. The molecule has 0 amide bonds. The molecule has 0 aliphatic heterocycles. The lowest BCUT2D eigenvalue weighted by atomic mass is 10.1. The van der Waals surface area contributed by atoms with Crippen LogP contribution >= 0.6 is 0 Å². The van der Waals surface area contributed by atoms with Gasteiger partial charge in [0.05, 0.1) is 0 Å². The maximum absolute atomic E-state index is 9.43. The van der Waals surface area contributed by atoms with E-state index in [4.69, 9.17) is 4.52 Å². The molecule has 0 aliphatic rings. The van der Waals surface area contributed by atoms with E-state index in [1.54, 1.807) is 18.2 Å². The van der Waals surface area contributed by atoms with Gasteiger partial charge < -0.3 is 9.63 Å². The molecule has 94 valence electrons. The molecule has 1 aromatic heterocycles. The van der Waals surface area contributed by atoms with E-state index in [2.05, 4.69) is 10.1 Å². The number of phenolic OH excluding ortho intramolecular Hbond substituents is 1. The maximum Gasteiger partial charge on any atom is 0.258 e. The molecule has 0 spiro atoms. The van der Waals surface area contributed by atoms with Crippen molar-refractivity contribution in [3.63, 3.8) is 0 Å². The van der Waals surface area contributed by atoms with Crippen molar-refractivity contribution < 1.29 is 9.63 Å². The van der Waals surface area contributed by atoms with Crippen molar-refractivity contribution in [3.8, 4) is 17.2 Å². The minimum absolute atomic E-state index is 0.181. The highest BCUT2D eigenvalue weighted by Gasteiger charge is 2.09. The number of aromatic hydroxyl groups is 1. The molecule has 4 nitrogen and oxygen atoms in total. The van der Waals surface area contributed by atoms with Gasteiger partial charge in [0.25, 0.3) is 5.89 Å². The summed E-state index contributed by atoms with van der Waals surface area (Å²) in [7, 11) is 0. The van der Waals surface area contributed by atoms with Gasteiger partial charge in [0.15, 0.2) is 5.82 Å². The van der Waals surface area contributed by atoms with Gasteiger partial charge in [0.1, 0.15) is 5.75 Å². The summed E-state index contributed by atoms with van der Waals surface area (Å²) in [5, 5.41) is 13.4. The number of rotatable bonds is 3. The van der Waals surface area contributed by atoms with Crippen LogP contribution < -0.4 is 0 Å². The molecule has 4 heteroatoms. The van der Waals surface area contributed by atoms with Crippen LogP contribution in [-0.2, 0) is 6.42 Å². The highest BCUT2D eigenvalue weighted by molar-refractivity contribution is 5.55. The lowest BCUT2D eigenvalue weighted by Crippen LogP contribution is -1.90. The van der Waals surface area contributed by atoms with Crippen molar-refractivity contribution in [2.75, 3.05) is 0 Å². The van der Waals surface area contributed by atoms with Gasteiger partial charge in [-0.1, -0.05) is 41.6 Å². The molecule has 0 bridgehead atoms. The molecule has 0 saturated heterocycles. The lowest BCUT2D eigenvalue weighted by Gasteiger charge is -1.95. The highest BCUT2D eigenvalue weighted by atomic mass is 16.5. The van der Waals surface area contributed by atoms with Crippen molar-refractivity contribution in [1.29, 1.82) is 0 Å². The van der Waals surface area contributed by atoms with E-state index in [1.807, 2.05) is 36.4 Å². The van der Waals surface area contributed by atoms with Crippen LogP contribution in [-0.4, -0.2) is 15.2 Å². The predicted octanol–water partition coefficient (Wildman–Crippen LogP) is 3.03. The van der Waals surface area contributed by atoms with Crippen molar-refractivity contribution in [1.82, 2.24) is 10.1 Å². The Morgan fingerprint density at radius 1 is 1.00 bits per heavy atom. The number of nitrogens with zero attached hydrogens (tertiary/aromatic N) is 2. The molecule has 19 heavy (non-hydrogen) atoms. The molecule has 0 fully saturated rings. The first-order valence-electron chi connectivity index (χ1n) is 5.97. The molecule has 2 aromatic carbocycles. The van der Waals surface area contributed by atoms with Gasteiger partial charge in [-0.15, -0.1) is 0 Å². The fourth-order valence-electron chi connectivity index (χ4n) is 1.86. The second-order valence-corrected chi connectivity index (χ2v) is 4.23. The van der Waals surface area contributed by atoms with E-state index < -0.39 is 0 Å². The van der Waals surface area contributed by atoms with Crippen LogP contribution in [0.5, 0.6) is 5.75 Å². The van der Waals surface area contributed by atoms with E-state index in [-0.39, 0.29) is 5.75 Å². The first kappa shape index (κ1) is 11.5. The Morgan fingerprint density at radius 2 is 1.84 bits per heavy atom. The fraction of sp³-hybridized carbons (Fsp3) is 0.0667. The second-order valence-electron chi connectivity index (χ2n) is 4.23. The van der Waals surface area contributed by atoms with Gasteiger partial charge in [0, 0.05) is 12.0 Å². The number of hydrogen-bond acceptors (Lipinski definition) is 4. The van der Waals surface area contributed by atoms with Gasteiger partial charge in [0.2, 0.25) is 0 Å². The SMILES string of the molecule is Oc1cccc(-c2nc(Cc3ccccc3)no2)c1. The third-order valence-corrected chi connectivity index (χ3v) is 2.77. The standard InChI is InChI=1S/C15H12N2O2/c18-13-8-4-7-12(10-13)15-16-14(17-19-15)9-11-5-2-1-3-6-11/h1-8,10,18H,9H2. The van der Waals surface area contributed by atoms with Crippen molar-refractivity contribution in [2.45, 2.75) is 6.42 Å². The Bertz CT molecular complexity index is 677. The maximum atomic E-state index is 9.43. The molecule has 1 heterocycles. The number of phenols is 1. The van der Waals surface area contributed by atoms with Gasteiger partial charge in [-0.05, 0) is 23.8 Å². The molecule has 0 unspecified atom stereocenters. The summed E-state index contributed by atoms with van der Waals surface area (Å²) < 4.78 is 5.21. The van der Waals surface area contributed by atoms with Crippen LogP contribution in [0.3, 0.4) is 0 Å². The smallest absolute Gasteiger partial charge is 0.258 e. The number of aromatic nitrogens is 2. The third kappa shape index (κ3) is 2.63. The summed E-state index contributed by atoms with van der Waals surface area (Å²) >= 11 is 0. The predicted molar refractivity (Wildman–Crippen MR) is 70.6 cm³/mol. The molecule has 0 radical (unpaired) electrons. The average Bonchev–Trinajstić information content (AvgIpc) is 2.88. The van der Waals surface area contributed by atoms with Crippen molar-refractivity contribution in [3.05, 3.63) is 66.0 Å². The summed E-state index contributed by atoms with van der Waals surface area (Å²) in [5.74, 6) is 1.23. The second kappa shape index (κ2) is 4.94. The lowest BCUT2D eigenvalue weighted by molar-refractivity contribution is 0.423. The Kier molecular flexibility index (Phi) is 2.98. The zero-order valence-electron chi connectivity index (χ0n) is 10.2. The van der Waals surface area contributed by atoms with E-state index in [1.165, 1.54) is 0 Å². The Hall–Kier alpha value is -2.62. The van der Waals surface area contributed by atoms with Crippen LogP contribution in [0, 0.1) is 0 Å². The Morgan fingerprint density at radius 3 is 2.63 bits per heavy atom. The quantitative estimate of drug-likeness (QED) is 0.778. The normalized spacial score (nSPS) is 10.5. The largest absolute Gasteiger partial charge is 0.508 e. The molecule has 1 N–H and O–H groups in total. The summed E-state index contributed by atoms with van der Waals surface area (Å²) in [6.07, 6.45) is 0.628. The highest BCUT2D eigenvalue weighted by Crippen LogP contribution is 2.21. The fourth-order valence-corrected chi connectivity index (χ4v) is 1.86. The first-order chi connectivity index (χ1) is 9.31. The third-order valence-electron chi connectivity index (χ3n) is 2.77. The van der Waals surface area contributed by atoms with Crippen molar-refractivity contribution >= 4 is 0 Å². The van der Waals surface area contributed by atoms with Crippen molar-refractivity contribution in [2.24, 2.45) is 0 Å². The minimum Gasteiger partial charge on any atom is -0.508 e. The zero-order valence-corrected chi connectivity index (χ0v) is 10.2. The molecular formula is C15H12N2O2. The monoisotopic (exact) mass is 252 g/mol. The zero-order chi connectivity index (χ0) is 13.1. The molecule has 0 atom stereocenters. The molecule has 0 saturated carbocycles. The average molecular weight is 252 g/mol. The van der Waals surface area contributed by atoms with E-state index in [9.17, 15) is 5.11 Å². The first-order valence-corrected chi connectivity index (χ1v) is 5.97. The molecule has 3 rings (SSSR count). The van der Waals surface area contributed by atoms with Gasteiger partial charge in [-0.2, -0.15) is 4.98 Å². The topological polar surface area (TPSA) is 59.2 Å². The van der Waals surface area contributed by atoms with Crippen LogP contribution in [0.15, 0.2) is 59.1 Å². The summed E-state index contributed by atoms with van der Waals surface area (Å²) in [5.41, 5.74) is 1.84. The van der Waals surface area contributed by atoms with Crippen LogP contribution in [0.1, 0.15) is 11.4 Å². The Balaban J connectivity index is 1.84.